The fraction of sp³-hybridized carbons (Fsp3) is 0.300. The summed E-state index contributed by atoms with van der Waals surface area (Å²) in [5, 5.41) is 6.50. The van der Waals surface area contributed by atoms with E-state index in [1.807, 2.05) is 36.5 Å². The van der Waals surface area contributed by atoms with Crippen molar-refractivity contribution in [3.8, 4) is 11.3 Å². The Hall–Kier alpha value is -3.02. The van der Waals surface area contributed by atoms with Gasteiger partial charge in [0.05, 0.1) is 0 Å². The second kappa shape index (κ2) is 5.76. The Morgan fingerprint density at radius 2 is 2.00 bits per heavy atom. The third-order valence-corrected chi connectivity index (χ3v) is 4.40. The number of urea groups is 1. The first-order valence-electron chi connectivity index (χ1n) is 8.72. The van der Waals surface area contributed by atoms with Crippen LogP contribution in [-0.2, 0) is 6.54 Å². The molecule has 0 fully saturated rings. The lowest BCUT2D eigenvalue weighted by atomic mass is 10.0. The minimum absolute atomic E-state index is 0.0759. The van der Waals surface area contributed by atoms with Gasteiger partial charge >= 0.3 is 6.03 Å². The maximum Gasteiger partial charge on any atom is 0.321 e. The van der Waals surface area contributed by atoms with Crippen molar-refractivity contribution < 1.29 is 4.79 Å². The smallest absolute Gasteiger partial charge is 0.321 e. The molecule has 2 aromatic heterocycles. The van der Waals surface area contributed by atoms with Crippen LogP contribution in [0.5, 0.6) is 0 Å². The molecular formula is C20H23N5O. The molecule has 6 heteroatoms. The van der Waals surface area contributed by atoms with E-state index in [1.54, 1.807) is 11.9 Å². The van der Waals surface area contributed by atoms with E-state index in [0.29, 0.717) is 6.54 Å². The molecule has 6 nitrogen and oxygen atoms in total. The van der Waals surface area contributed by atoms with Crippen molar-refractivity contribution in [3.63, 3.8) is 0 Å². The average Bonchev–Trinajstić information content (AvgIpc) is 2.93. The highest BCUT2D eigenvalue weighted by atomic mass is 16.2. The number of nitrogens with zero attached hydrogens (tertiary/aromatic N) is 3. The van der Waals surface area contributed by atoms with Gasteiger partial charge in [-0.05, 0) is 50.6 Å². The highest BCUT2D eigenvalue weighted by Gasteiger charge is 2.22. The number of hydrogen-bond donors (Lipinski definition) is 2. The minimum Gasteiger partial charge on any atom is -0.365 e. The molecule has 0 spiro atoms. The van der Waals surface area contributed by atoms with E-state index in [-0.39, 0.29) is 11.6 Å². The van der Waals surface area contributed by atoms with E-state index in [1.165, 1.54) is 0 Å². The van der Waals surface area contributed by atoms with Crippen molar-refractivity contribution in [1.82, 2.24) is 14.3 Å². The zero-order valence-electron chi connectivity index (χ0n) is 15.5. The predicted octanol–water partition coefficient (Wildman–Crippen LogP) is 4.19. The van der Waals surface area contributed by atoms with Crippen molar-refractivity contribution in [2.24, 2.45) is 0 Å². The molecule has 0 atom stereocenters. The Morgan fingerprint density at radius 3 is 2.77 bits per heavy atom. The summed E-state index contributed by atoms with van der Waals surface area (Å²) in [6.45, 7) is 6.99. The highest BCUT2D eigenvalue weighted by molar-refractivity contribution is 5.93. The number of rotatable bonds is 2. The van der Waals surface area contributed by atoms with Crippen LogP contribution in [-0.4, -0.2) is 32.9 Å². The summed E-state index contributed by atoms with van der Waals surface area (Å²) in [6.07, 6.45) is 2.02. The first-order chi connectivity index (χ1) is 12.3. The summed E-state index contributed by atoms with van der Waals surface area (Å²) < 4.78 is 2.08. The van der Waals surface area contributed by atoms with Gasteiger partial charge in [-0.1, -0.05) is 12.1 Å². The van der Waals surface area contributed by atoms with Crippen LogP contribution in [0.2, 0.25) is 0 Å². The molecule has 0 bridgehead atoms. The number of carbonyl (C=O) groups excluding carboxylic acids is 1. The predicted molar refractivity (Wildman–Crippen MR) is 104 cm³/mol. The van der Waals surface area contributed by atoms with Gasteiger partial charge in [-0.2, -0.15) is 0 Å². The van der Waals surface area contributed by atoms with Crippen molar-refractivity contribution in [2.75, 3.05) is 17.7 Å². The van der Waals surface area contributed by atoms with Crippen LogP contribution in [0.15, 0.2) is 42.6 Å². The first-order valence-corrected chi connectivity index (χ1v) is 8.72. The third kappa shape index (κ3) is 2.87. The Kier molecular flexibility index (Phi) is 3.64. The fourth-order valence-corrected chi connectivity index (χ4v) is 3.20. The molecule has 4 rings (SSSR count). The van der Waals surface area contributed by atoms with E-state index in [4.69, 9.17) is 4.98 Å². The number of hydrogen-bond acceptors (Lipinski definition) is 3. The number of nitrogens with one attached hydrogen (secondary N) is 2. The van der Waals surface area contributed by atoms with E-state index in [2.05, 4.69) is 41.9 Å². The molecule has 1 aliphatic rings. The monoisotopic (exact) mass is 349 g/mol. The van der Waals surface area contributed by atoms with Gasteiger partial charge in [0.15, 0.2) is 0 Å². The van der Waals surface area contributed by atoms with Gasteiger partial charge in [-0.15, -0.1) is 0 Å². The van der Waals surface area contributed by atoms with Gasteiger partial charge in [0.2, 0.25) is 0 Å². The molecule has 134 valence electrons. The van der Waals surface area contributed by atoms with Gasteiger partial charge in [0.25, 0.3) is 0 Å². The molecule has 26 heavy (non-hydrogen) atoms. The molecule has 3 heterocycles. The zero-order valence-corrected chi connectivity index (χ0v) is 15.5. The number of anilines is 2. The standard InChI is InChI=1S/C20H23N5O/c1-20(2,3)23-18-17(22-16-7-5-6-10-25(16)18)13-8-9-15-14(11-13)12-24(4)19(26)21-15/h5-11,23H,12H2,1-4H3,(H,21,26). The van der Waals surface area contributed by atoms with Crippen LogP contribution in [0, 0.1) is 0 Å². The molecular weight excluding hydrogens is 326 g/mol. The molecule has 3 aromatic rings. The Labute approximate surface area is 152 Å². The van der Waals surface area contributed by atoms with Crippen molar-refractivity contribution in [1.29, 1.82) is 0 Å². The molecule has 0 saturated carbocycles. The topological polar surface area (TPSA) is 61.7 Å². The van der Waals surface area contributed by atoms with Gasteiger partial charge in [-0.3, -0.25) is 4.40 Å². The zero-order chi connectivity index (χ0) is 18.5. The van der Waals surface area contributed by atoms with Gasteiger partial charge in [0.1, 0.15) is 17.2 Å². The molecule has 0 unspecified atom stereocenters. The van der Waals surface area contributed by atoms with Crippen LogP contribution in [0.1, 0.15) is 26.3 Å². The Morgan fingerprint density at radius 1 is 1.19 bits per heavy atom. The molecule has 1 aromatic carbocycles. The first kappa shape index (κ1) is 16.4. The maximum absolute atomic E-state index is 11.8. The molecule has 2 amide bonds. The molecule has 2 N–H and O–H groups in total. The summed E-state index contributed by atoms with van der Waals surface area (Å²) in [6, 6.07) is 12.0. The number of amides is 2. The van der Waals surface area contributed by atoms with Crippen molar-refractivity contribution in [2.45, 2.75) is 32.9 Å². The average molecular weight is 349 g/mol. The molecule has 0 saturated heterocycles. The van der Waals surface area contributed by atoms with Crippen LogP contribution in [0.25, 0.3) is 16.9 Å². The van der Waals surface area contributed by atoms with Crippen molar-refractivity contribution in [3.05, 3.63) is 48.2 Å². The number of aromatic nitrogens is 2. The van der Waals surface area contributed by atoms with Crippen LogP contribution in [0.3, 0.4) is 0 Å². The summed E-state index contributed by atoms with van der Waals surface area (Å²) in [7, 11) is 1.79. The molecule has 0 aliphatic carbocycles. The normalized spacial score (nSPS) is 14.3. The summed E-state index contributed by atoms with van der Waals surface area (Å²) in [4.78, 5) is 18.3. The quantitative estimate of drug-likeness (QED) is 0.729. The minimum atomic E-state index is -0.0943. The van der Waals surface area contributed by atoms with E-state index < -0.39 is 0 Å². The number of fused-ring (bicyclic) bond motifs is 2. The van der Waals surface area contributed by atoms with Crippen LogP contribution < -0.4 is 10.6 Å². The Bertz CT molecular complexity index is 999. The number of imidazole rings is 1. The van der Waals surface area contributed by atoms with E-state index in [0.717, 1.165) is 34.0 Å². The summed E-state index contributed by atoms with van der Waals surface area (Å²) in [5.74, 6) is 0.973. The lowest BCUT2D eigenvalue weighted by molar-refractivity contribution is 0.218. The largest absolute Gasteiger partial charge is 0.365 e. The lowest BCUT2D eigenvalue weighted by Crippen LogP contribution is -2.35. The van der Waals surface area contributed by atoms with Gasteiger partial charge in [0, 0.05) is 36.6 Å². The third-order valence-electron chi connectivity index (χ3n) is 4.40. The van der Waals surface area contributed by atoms with Crippen LogP contribution in [0.4, 0.5) is 16.3 Å². The van der Waals surface area contributed by atoms with E-state index in [9.17, 15) is 4.79 Å². The van der Waals surface area contributed by atoms with Crippen molar-refractivity contribution >= 4 is 23.2 Å². The second-order valence-electron chi connectivity index (χ2n) is 7.77. The second-order valence-corrected chi connectivity index (χ2v) is 7.77. The fourth-order valence-electron chi connectivity index (χ4n) is 3.20. The van der Waals surface area contributed by atoms with Crippen LogP contribution >= 0.6 is 0 Å². The maximum atomic E-state index is 11.8. The summed E-state index contributed by atoms with van der Waals surface area (Å²) in [5.41, 5.74) is 4.70. The number of pyridine rings is 1. The molecule has 0 radical (unpaired) electrons. The highest BCUT2D eigenvalue weighted by Crippen LogP contribution is 2.34. The van der Waals surface area contributed by atoms with Gasteiger partial charge in [-0.25, -0.2) is 9.78 Å². The lowest BCUT2D eigenvalue weighted by Gasteiger charge is -2.26. The number of benzene rings is 1. The van der Waals surface area contributed by atoms with E-state index >= 15 is 0 Å². The van der Waals surface area contributed by atoms with Gasteiger partial charge < -0.3 is 15.5 Å². The number of carbonyl (C=O) groups is 1. The Balaban J connectivity index is 1.85. The summed E-state index contributed by atoms with van der Waals surface area (Å²) >= 11 is 0. The SMILES string of the molecule is CN1Cc2cc(-c3nc4ccccn4c3NC(C)(C)C)ccc2NC1=O. The molecule has 1 aliphatic heterocycles.